The molecule has 0 radical (unpaired) electrons. The van der Waals surface area contributed by atoms with Gasteiger partial charge in [0.2, 0.25) is 0 Å². The Labute approximate surface area is 111 Å². The number of hydrogen-bond acceptors (Lipinski definition) is 4. The highest BCUT2D eigenvalue weighted by atomic mass is 35.5. The van der Waals surface area contributed by atoms with Crippen LogP contribution in [0.25, 0.3) is 0 Å². The third-order valence-corrected chi connectivity index (χ3v) is 3.17. The van der Waals surface area contributed by atoms with Crippen LogP contribution in [0.5, 0.6) is 0 Å². The topological polar surface area (TPSA) is 38.8 Å². The summed E-state index contributed by atoms with van der Waals surface area (Å²) in [6, 6.07) is 6.90. The molecule has 0 aromatic heterocycles. The molecule has 0 saturated carbocycles. The summed E-state index contributed by atoms with van der Waals surface area (Å²) >= 11 is 5.92. The molecule has 0 amide bonds. The van der Waals surface area contributed by atoms with E-state index in [9.17, 15) is 4.79 Å². The van der Waals surface area contributed by atoms with Gasteiger partial charge in [0.25, 0.3) is 0 Å². The number of benzene rings is 1. The summed E-state index contributed by atoms with van der Waals surface area (Å²) in [5, 5.41) is 0.425. The third-order valence-electron chi connectivity index (χ3n) is 2.84. The van der Waals surface area contributed by atoms with Crippen molar-refractivity contribution in [3.63, 3.8) is 0 Å². The van der Waals surface area contributed by atoms with E-state index in [1.807, 2.05) is 0 Å². The SMILES string of the molecule is O=C(OCCN1CCOCC1)c1ccccc1Cl. The average Bonchev–Trinajstić information content (AvgIpc) is 2.40. The first-order valence-corrected chi connectivity index (χ1v) is 6.37. The number of carbonyl (C=O) groups excluding carboxylic acids is 1. The minimum atomic E-state index is -0.367. The second kappa shape index (κ2) is 6.73. The van der Waals surface area contributed by atoms with Crippen LogP contribution in [-0.4, -0.2) is 50.3 Å². The van der Waals surface area contributed by atoms with Gasteiger partial charge in [0.1, 0.15) is 6.61 Å². The molecule has 1 aromatic carbocycles. The first-order valence-electron chi connectivity index (χ1n) is 5.99. The first kappa shape index (κ1) is 13.3. The fraction of sp³-hybridized carbons (Fsp3) is 0.462. The Kier molecular flexibility index (Phi) is 4.99. The maximum absolute atomic E-state index is 11.8. The molecule has 0 spiro atoms. The van der Waals surface area contributed by atoms with Crippen LogP contribution < -0.4 is 0 Å². The fourth-order valence-electron chi connectivity index (χ4n) is 1.80. The maximum Gasteiger partial charge on any atom is 0.339 e. The molecule has 0 bridgehead atoms. The minimum absolute atomic E-state index is 0.367. The number of carbonyl (C=O) groups is 1. The number of morpholine rings is 1. The quantitative estimate of drug-likeness (QED) is 0.782. The predicted molar refractivity (Wildman–Crippen MR) is 69.0 cm³/mol. The van der Waals surface area contributed by atoms with Gasteiger partial charge in [0, 0.05) is 19.6 Å². The molecule has 1 aliphatic rings. The largest absolute Gasteiger partial charge is 0.461 e. The van der Waals surface area contributed by atoms with Crippen molar-refractivity contribution in [2.24, 2.45) is 0 Å². The molecular formula is C13H16ClNO3. The third kappa shape index (κ3) is 3.70. The Morgan fingerprint density at radius 3 is 2.78 bits per heavy atom. The normalized spacial score (nSPS) is 16.5. The van der Waals surface area contributed by atoms with Crippen LogP contribution in [0, 0.1) is 0 Å². The first-order chi connectivity index (χ1) is 8.77. The summed E-state index contributed by atoms with van der Waals surface area (Å²) in [5.74, 6) is -0.367. The summed E-state index contributed by atoms with van der Waals surface area (Å²) in [6.07, 6.45) is 0. The van der Waals surface area contributed by atoms with Crippen molar-refractivity contribution in [1.29, 1.82) is 0 Å². The highest BCUT2D eigenvalue weighted by molar-refractivity contribution is 6.33. The minimum Gasteiger partial charge on any atom is -0.461 e. The summed E-state index contributed by atoms with van der Waals surface area (Å²) in [4.78, 5) is 14.0. The Hall–Kier alpha value is -1.10. The van der Waals surface area contributed by atoms with Crippen LogP contribution in [0.3, 0.4) is 0 Å². The molecule has 4 nitrogen and oxygen atoms in total. The molecule has 0 atom stereocenters. The van der Waals surface area contributed by atoms with E-state index in [-0.39, 0.29) is 5.97 Å². The van der Waals surface area contributed by atoms with E-state index in [0.29, 0.717) is 17.2 Å². The van der Waals surface area contributed by atoms with Crippen molar-refractivity contribution in [1.82, 2.24) is 4.90 Å². The molecule has 1 heterocycles. The number of esters is 1. The Morgan fingerprint density at radius 2 is 2.06 bits per heavy atom. The van der Waals surface area contributed by atoms with Gasteiger partial charge in [-0.15, -0.1) is 0 Å². The van der Waals surface area contributed by atoms with Crippen molar-refractivity contribution in [3.8, 4) is 0 Å². The van der Waals surface area contributed by atoms with Gasteiger partial charge in [-0.1, -0.05) is 23.7 Å². The van der Waals surface area contributed by atoms with E-state index in [1.54, 1.807) is 24.3 Å². The number of hydrogen-bond donors (Lipinski definition) is 0. The van der Waals surface area contributed by atoms with Crippen LogP contribution in [0.15, 0.2) is 24.3 Å². The Balaban J connectivity index is 1.76. The summed E-state index contributed by atoms with van der Waals surface area (Å²) < 4.78 is 10.5. The van der Waals surface area contributed by atoms with E-state index in [4.69, 9.17) is 21.1 Å². The van der Waals surface area contributed by atoms with Gasteiger partial charge in [0.15, 0.2) is 0 Å². The molecule has 2 rings (SSSR count). The molecule has 1 saturated heterocycles. The van der Waals surface area contributed by atoms with E-state index >= 15 is 0 Å². The second-order valence-corrected chi connectivity index (χ2v) is 4.48. The number of rotatable bonds is 4. The van der Waals surface area contributed by atoms with Gasteiger partial charge in [0.05, 0.1) is 23.8 Å². The van der Waals surface area contributed by atoms with Gasteiger partial charge in [-0.25, -0.2) is 4.79 Å². The summed E-state index contributed by atoms with van der Waals surface area (Å²) in [5.41, 5.74) is 0.418. The standard InChI is InChI=1S/C13H16ClNO3/c14-12-4-2-1-3-11(12)13(16)18-10-7-15-5-8-17-9-6-15/h1-4H,5-10H2. The van der Waals surface area contributed by atoms with Gasteiger partial charge >= 0.3 is 5.97 Å². The van der Waals surface area contributed by atoms with Gasteiger partial charge in [-0.05, 0) is 12.1 Å². The smallest absolute Gasteiger partial charge is 0.339 e. The number of ether oxygens (including phenoxy) is 2. The lowest BCUT2D eigenvalue weighted by Gasteiger charge is -2.26. The van der Waals surface area contributed by atoms with E-state index in [2.05, 4.69) is 4.90 Å². The molecule has 98 valence electrons. The van der Waals surface area contributed by atoms with E-state index < -0.39 is 0 Å². The fourth-order valence-corrected chi connectivity index (χ4v) is 2.01. The lowest BCUT2D eigenvalue weighted by Crippen LogP contribution is -2.38. The number of nitrogens with zero attached hydrogens (tertiary/aromatic N) is 1. The molecule has 0 aliphatic carbocycles. The maximum atomic E-state index is 11.8. The van der Waals surface area contributed by atoms with Gasteiger partial charge < -0.3 is 9.47 Å². The monoisotopic (exact) mass is 269 g/mol. The zero-order chi connectivity index (χ0) is 12.8. The van der Waals surface area contributed by atoms with Crippen molar-refractivity contribution < 1.29 is 14.3 Å². The summed E-state index contributed by atoms with van der Waals surface area (Å²) in [7, 11) is 0. The number of halogens is 1. The highest BCUT2D eigenvalue weighted by Crippen LogP contribution is 2.15. The van der Waals surface area contributed by atoms with Gasteiger partial charge in [-0.2, -0.15) is 0 Å². The van der Waals surface area contributed by atoms with Crippen LogP contribution in [0.4, 0.5) is 0 Å². The van der Waals surface area contributed by atoms with Crippen molar-refractivity contribution in [2.75, 3.05) is 39.5 Å². The molecule has 1 aromatic rings. The predicted octanol–water partition coefficient (Wildman–Crippen LogP) is 1.83. The average molecular weight is 270 g/mol. The molecule has 18 heavy (non-hydrogen) atoms. The molecule has 1 aliphatic heterocycles. The Morgan fingerprint density at radius 1 is 1.33 bits per heavy atom. The lowest BCUT2D eigenvalue weighted by atomic mass is 10.2. The zero-order valence-electron chi connectivity index (χ0n) is 10.1. The molecule has 0 N–H and O–H groups in total. The molecule has 5 heteroatoms. The summed E-state index contributed by atoms with van der Waals surface area (Å²) in [6.45, 7) is 4.40. The Bertz CT molecular complexity index is 405. The van der Waals surface area contributed by atoms with Crippen LogP contribution in [-0.2, 0) is 9.47 Å². The van der Waals surface area contributed by atoms with Crippen molar-refractivity contribution in [2.45, 2.75) is 0 Å². The van der Waals surface area contributed by atoms with Crippen LogP contribution in [0.1, 0.15) is 10.4 Å². The molecule has 1 fully saturated rings. The van der Waals surface area contributed by atoms with Crippen LogP contribution >= 0.6 is 11.6 Å². The molecule has 0 unspecified atom stereocenters. The highest BCUT2D eigenvalue weighted by Gasteiger charge is 2.13. The second-order valence-electron chi connectivity index (χ2n) is 4.07. The van der Waals surface area contributed by atoms with Crippen LogP contribution in [0.2, 0.25) is 5.02 Å². The van der Waals surface area contributed by atoms with Crippen molar-refractivity contribution >= 4 is 17.6 Å². The lowest BCUT2D eigenvalue weighted by molar-refractivity contribution is 0.0195. The van der Waals surface area contributed by atoms with E-state index in [1.165, 1.54) is 0 Å². The zero-order valence-corrected chi connectivity index (χ0v) is 10.9. The van der Waals surface area contributed by atoms with Gasteiger partial charge in [-0.3, -0.25) is 4.90 Å². The van der Waals surface area contributed by atoms with Crippen molar-refractivity contribution in [3.05, 3.63) is 34.9 Å². The van der Waals surface area contributed by atoms with E-state index in [0.717, 1.165) is 32.8 Å². The molecular weight excluding hydrogens is 254 g/mol.